The molecule has 30 heavy (non-hydrogen) atoms. The normalized spacial score (nSPS) is 59.8. The molecule has 1 spiro atoms. The van der Waals surface area contributed by atoms with Gasteiger partial charge in [0, 0.05) is 12.3 Å². The van der Waals surface area contributed by atoms with E-state index in [-0.39, 0.29) is 11.9 Å². The molecule has 5 fully saturated rings. The molecule has 3 nitrogen and oxygen atoms in total. The third-order valence-electron chi connectivity index (χ3n) is 11.3. The molecule has 6 rings (SSSR count). The maximum absolute atomic E-state index is 10.3. The van der Waals surface area contributed by atoms with E-state index in [9.17, 15) is 5.11 Å². The summed E-state index contributed by atoms with van der Waals surface area (Å²) in [7, 11) is 0. The average Bonchev–Trinajstić information content (AvgIpc) is 3.16. The first-order valence-corrected chi connectivity index (χ1v) is 13.0. The number of allylic oxidation sites excluding steroid dienone is 1. The van der Waals surface area contributed by atoms with Crippen LogP contribution in [0.25, 0.3) is 0 Å². The van der Waals surface area contributed by atoms with E-state index in [0.29, 0.717) is 34.7 Å². The van der Waals surface area contributed by atoms with E-state index in [0.717, 1.165) is 43.6 Å². The number of hydrogen-bond acceptors (Lipinski definition) is 3. The van der Waals surface area contributed by atoms with Crippen molar-refractivity contribution in [1.29, 1.82) is 0 Å². The molecule has 0 aromatic carbocycles. The molecule has 0 amide bonds. The first kappa shape index (κ1) is 20.2. The number of aliphatic hydroxyl groups is 1. The molecular weight excluding hydrogens is 372 g/mol. The van der Waals surface area contributed by atoms with E-state index in [4.69, 9.17) is 9.47 Å². The topological polar surface area (TPSA) is 38.7 Å². The molecule has 1 N–H and O–H groups in total. The molecule has 2 heterocycles. The number of hydrogen-bond donors (Lipinski definition) is 1. The van der Waals surface area contributed by atoms with Crippen LogP contribution in [0.5, 0.6) is 0 Å². The van der Waals surface area contributed by atoms with Gasteiger partial charge in [0.1, 0.15) is 0 Å². The van der Waals surface area contributed by atoms with Crippen LogP contribution in [0.4, 0.5) is 0 Å². The van der Waals surface area contributed by atoms with Crippen molar-refractivity contribution in [2.24, 2.45) is 46.3 Å². The quantitative estimate of drug-likeness (QED) is 0.516. The van der Waals surface area contributed by atoms with Crippen molar-refractivity contribution in [3.63, 3.8) is 0 Å². The van der Waals surface area contributed by atoms with Crippen LogP contribution in [0.3, 0.4) is 0 Å². The van der Waals surface area contributed by atoms with Crippen LogP contribution in [0, 0.1) is 46.3 Å². The molecule has 168 valence electrons. The summed E-state index contributed by atoms with van der Waals surface area (Å²) < 4.78 is 13.3. The van der Waals surface area contributed by atoms with E-state index in [1.807, 2.05) is 0 Å². The molecule has 3 saturated carbocycles. The number of ether oxygens (including phenoxy) is 2. The third kappa shape index (κ3) is 2.55. The Morgan fingerprint density at radius 3 is 2.63 bits per heavy atom. The van der Waals surface area contributed by atoms with Gasteiger partial charge in [0.15, 0.2) is 5.79 Å². The first-order valence-electron chi connectivity index (χ1n) is 13.0. The standard InChI is InChI=1S/C27H42O3/c1-16-7-12-27(29-15-16)17(2)24-23(30-27)14-22-20-6-5-18-13-19(28)8-10-25(18,3)21(20)9-11-26(22,24)4/h5,16-17,19-24,28H,6-15H2,1-4H3/t16-,17?,19?,20?,21?,22?,23?,24?,25?,26?,27-/m1/s1. The molecule has 4 aliphatic carbocycles. The Hall–Kier alpha value is -0.380. The summed E-state index contributed by atoms with van der Waals surface area (Å²) in [6.45, 7) is 10.8. The average molecular weight is 415 g/mol. The van der Waals surface area contributed by atoms with Gasteiger partial charge in [0.25, 0.3) is 0 Å². The van der Waals surface area contributed by atoms with Gasteiger partial charge in [-0.25, -0.2) is 0 Å². The van der Waals surface area contributed by atoms with Gasteiger partial charge in [-0.1, -0.05) is 39.3 Å². The summed E-state index contributed by atoms with van der Waals surface area (Å²) in [6, 6.07) is 0. The zero-order chi connectivity index (χ0) is 20.9. The van der Waals surface area contributed by atoms with E-state index < -0.39 is 0 Å². The van der Waals surface area contributed by atoms with Crippen LogP contribution in [-0.4, -0.2) is 29.7 Å². The van der Waals surface area contributed by atoms with E-state index >= 15 is 0 Å². The number of aliphatic hydroxyl groups excluding tert-OH is 1. The summed E-state index contributed by atoms with van der Waals surface area (Å²) in [5.74, 6) is 3.94. The zero-order valence-corrected chi connectivity index (χ0v) is 19.5. The zero-order valence-electron chi connectivity index (χ0n) is 19.5. The lowest BCUT2D eigenvalue weighted by Gasteiger charge is -2.58. The Labute approximate surface area is 183 Å². The highest BCUT2D eigenvalue weighted by Gasteiger charge is 2.68. The Bertz CT molecular complexity index is 736. The first-order chi connectivity index (χ1) is 14.3. The van der Waals surface area contributed by atoms with Crippen molar-refractivity contribution >= 4 is 0 Å². The van der Waals surface area contributed by atoms with Crippen molar-refractivity contribution in [2.45, 2.75) is 103 Å². The Balaban J connectivity index is 1.28. The molecule has 0 aromatic heterocycles. The lowest BCUT2D eigenvalue weighted by atomic mass is 9.47. The van der Waals surface area contributed by atoms with Crippen molar-refractivity contribution in [1.82, 2.24) is 0 Å². The van der Waals surface area contributed by atoms with Gasteiger partial charge >= 0.3 is 0 Å². The van der Waals surface area contributed by atoms with Crippen LogP contribution >= 0.6 is 0 Å². The summed E-state index contributed by atoms with van der Waals surface area (Å²) >= 11 is 0. The maximum atomic E-state index is 10.3. The molecule has 6 aliphatic rings. The Morgan fingerprint density at radius 2 is 1.87 bits per heavy atom. The van der Waals surface area contributed by atoms with E-state index in [1.165, 1.54) is 38.5 Å². The van der Waals surface area contributed by atoms with Crippen molar-refractivity contribution in [2.75, 3.05) is 6.61 Å². The number of fused-ring (bicyclic) bond motifs is 7. The summed E-state index contributed by atoms with van der Waals surface area (Å²) in [5, 5.41) is 10.3. The molecule has 0 bridgehead atoms. The highest BCUT2D eigenvalue weighted by molar-refractivity contribution is 5.26. The van der Waals surface area contributed by atoms with Crippen molar-refractivity contribution < 1.29 is 14.6 Å². The molecular formula is C27H42O3. The predicted octanol–water partition coefficient (Wildman–Crippen LogP) is 5.71. The van der Waals surface area contributed by atoms with Crippen molar-refractivity contribution in [3.05, 3.63) is 11.6 Å². The van der Waals surface area contributed by atoms with Crippen LogP contribution in [0.2, 0.25) is 0 Å². The van der Waals surface area contributed by atoms with Gasteiger partial charge in [0.05, 0.1) is 18.8 Å². The summed E-state index contributed by atoms with van der Waals surface area (Å²) in [6.07, 6.45) is 13.5. The van der Waals surface area contributed by atoms with Gasteiger partial charge in [0.2, 0.25) is 0 Å². The number of rotatable bonds is 0. The second-order valence-corrected chi connectivity index (χ2v) is 12.7. The highest BCUT2D eigenvalue weighted by atomic mass is 16.7. The van der Waals surface area contributed by atoms with Crippen LogP contribution in [0.1, 0.15) is 85.5 Å². The van der Waals surface area contributed by atoms with Gasteiger partial charge in [-0.15, -0.1) is 0 Å². The molecule has 2 saturated heterocycles. The van der Waals surface area contributed by atoms with E-state index in [1.54, 1.807) is 5.57 Å². The molecule has 9 unspecified atom stereocenters. The fraction of sp³-hybridized carbons (Fsp3) is 0.926. The monoisotopic (exact) mass is 414 g/mol. The molecule has 0 radical (unpaired) electrons. The van der Waals surface area contributed by atoms with Gasteiger partial charge < -0.3 is 14.6 Å². The van der Waals surface area contributed by atoms with Gasteiger partial charge in [-0.05, 0) is 91.8 Å². The van der Waals surface area contributed by atoms with Crippen LogP contribution < -0.4 is 0 Å². The lowest BCUT2D eigenvalue weighted by Crippen LogP contribution is -2.52. The van der Waals surface area contributed by atoms with Crippen molar-refractivity contribution in [3.8, 4) is 0 Å². The highest BCUT2D eigenvalue weighted by Crippen LogP contribution is 2.70. The molecule has 3 heteroatoms. The summed E-state index contributed by atoms with van der Waals surface area (Å²) in [4.78, 5) is 0. The smallest absolute Gasteiger partial charge is 0.171 e. The molecule has 2 aliphatic heterocycles. The predicted molar refractivity (Wildman–Crippen MR) is 118 cm³/mol. The second-order valence-electron chi connectivity index (χ2n) is 12.7. The summed E-state index contributed by atoms with van der Waals surface area (Å²) in [5.41, 5.74) is 2.31. The third-order valence-corrected chi connectivity index (χ3v) is 11.3. The van der Waals surface area contributed by atoms with Crippen LogP contribution in [0.15, 0.2) is 11.6 Å². The maximum Gasteiger partial charge on any atom is 0.171 e. The lowest BCUT2D eigenvalue weighted by molar-refractivity contribution is -0.272. The largest absolute Gasteiger partial charge is 0.393 e. The fourth-order valence-electron chi connectivity index (χ4n) is 9.66. The van der Waals surface area contributed by atoms with Crippen LogP contribution in [-0.2, 0) is 9.47 Å². The fourth-order valence-corrected chi connectivity index (χ4v) is 9.66. The molecule has 11 atom stereocenters. The minimum atomic E-state index is -0.294. The second kappa shape index (κ2) is 6.58. The Morgan fingerprint density at radius 1 is 1.03 bits per heavy atom. The van der Waals surface area contributed by atoms with E-state index in [2.05, 4.69) is 33.8 Å². The SMILES string of the molecule is CC1C2C(CC3C4CC=C5CC(O)CCC5(C)C4CCC32C)O[C@]12CC[C@@H](C)CO2. The Kier molecular flexibility index (Phi) is 4.44. The van der Waals surface area contributed by atoms with Gasteiger partial charge in [-0.2, -0.15) is 0 Å². The minimum Gasteiger partial charge on any atom is -0.393 e. The van der Waals surface area contributed by atoms with Gasteiger partial charge in [-0.3, -0.25) is 0 Å². The molecule has 0 aromatic rings. The minimum absolute atomic E-state index is 0.107.